The molecule has 0 aromatic carbocycles. The topological polar surface area (TPSA) is 28.2 Å². The van der Waals surface area contributed by atoms with Gasteiger partial charge in [-0.1, -0.05) is 26.7 Å². The van der Waals surface area contributed by atoms with Crippen LogP contribution in [-0.2, 0) is 0 Å². The van der Waals surface area contributed by atoms with Gasteiger partial charge in [-0.15, -0.1) is 0 Å². The van der Waals surface area contributed by atoms with E-state index in [1.165, 1.54) is 51.7 Å². The van der Waals surface area contributed by atoms with E-state index in [-0.39, 0.29) is 0 Å². The molecule has 1 aliphatic heterocycles. The van der Waals surface area contributed by atoms with Crippen molar-refractivity contribution in [3.05, 3.63) is 6.57 Å². The molecule has 1 rings (SSSR count). The molecule has 14 heavy (non-hydrogen) atoms. The van der Waals surface area contributed by atoms with E-state index in [9.17, 15) is 0 Å². The summed E-state index contributed by atoms with van der Waals surface area (Å²) in [5, 5.41) is 6.25. The third-order valence-electron chi connectivity index (χ3n) is 3.27. The van der Waals surface area contributed by atoms with Crippen molar-refractivity contribution in [3.8, 4) is 0 Å². The van der Waals surface area contributed by atoms with Crippen LogP contribution in [0.1, 0.15) is 46.0 Å². The Kier molecular flexibility index (Phi) is 8.67. The average molecular weight is 196 g/mol. The maximum atomic E-state index is 6.25. The Hall–Kier alpha value is -0.550. The van der Waals surface area contributed by atoms with E-state index in [4.69, 9.17) is 11.8 Å². The molecule has 1 N–H and O–H groups in total. The van der Waals surface area contributed by atoms with Gasteiger partial charge in [0.25, 0.3) is 0 Å². The molecule has 1 heterocycles. The Morgan fingerprint density at radius 2 is 1.79 bits per heavy atom. The second kappa shape index (κ2) is 9.02. The zero-order chi connectivity index (χ0) is 10.8. The number of hydrogen-bond donors (Lipinski definition) is 1. The van der Waals surface area contributed by atoms with Crippen molar-refractivity contribution in [1.82, 2.24) is 0 Å². The first kappa shape index (κ1) is 13.4. The zero-order valence-electron chi connectivity index (χ0n) is 9.68. The fourth-order valence-corrected chi connectivity index (χ4v) is 2.17. The molecule has 0 aromatic heterocycles. The van der Waals surface area contributed by atoms with Gasteiger partial charge in [-0.05, 0) is 25.2 Å². The van der Waals surface area contributed by atoms with Gasteiger partial charge in [0.05, 0.1) is 19.6 Å². The molecule has 1 fully saturated rings. The Labute approximate surface area is 88.9 Å². The van der Waals surface area contributed by atoms with Crippen LogP contribution in [0.2, 0.25) is 0 Å². The van der Waals surface area contributed by atoms with E-state index in [0.29, 0.717) is 0 Å². The van der Waals surface area contributed by atoms with Crippen LogP contribution in [0.25, 0.3) is 0 Å². The van der Waals surface area contributed by atoms with E-state index in [2.05, 4.69) is 13.8 Å². The summed E-state index contributed by atoms with van der Waals surface area (Å²) in [5.74, 6) is 1.05. The molecule has 0 unspecified atom stereocenters. The van der Waals surface area contributed by atoms with Crippen LogP contribution >= 0.6 is 0 Å². The van der Waals surface area contributed by atoms with Crippen LogP contribution in [0.15, 0.2) is 0 Å². The maximum absolute atomic E-state index is 6.25. The lowest BCUT2D eigenvalue weighted by molar-refractivity contribution is -0.906. The molecule has 82 valence electrons. The number of piperidine rings is 1. The highest BCUT2D eigenvalue weighted by Gasteiger charge is 2.19. The summed E-state index contributed by atoms with van der Waals surface area (Å²) in [4.78, 5) is 1.86. The summed E-state index contributed by atoms with van der Waals surface area (Å²) in [5.41, 5.74) is 0. The molecule has 0 bridgehead atoms. The fraction of sp³-hybridized carbons (Fsp3) is 0.917. The molecule has 2 heteroatoms. The number of rotatable bonds is 4. The minimum Gasteiger partial charge on any atom is -0.512 e. The van der Waals surface area contributed by atoms with Crippen LogP contribution < -0.4 is 4.90 Å². The van der Waals surface area contributed by atoms with Crippen molar-refractivity contribution in [2.75, 3.05) is 19.6 Å². The van der Waals surface area contributed by atoms with Crippen molar-refractivity contribution in [2.24, 2.45) is 5.92 Å². The molecule has 2 nitrogen and oxygen atoms in total. The number of unbranched alkanes of at least 4 members (excludes halogenated alkanes) is 1. The zero-order valence-corrected chi connectivity index (χ0v) is 9.68. The Morgan fingerprint density at radius 1 is 1.21 bits per heavy atom. The maximum Gasteiger partial charge on any atom is 0.0773 e. The van der Waals surface area contributed by atoms with E-state index in [0.717, 1.165) is 5.92 Å². The summed E-state index contributed by atoms with van der Waals surface area (Å²) in [7, 11) is 0. The predicted octanol–water partition coefficient (Wildman–Crippen LogP) is 1.59. The highest BCUT2D eigenvalue weighted by Crippen LogP contribution is 2.12. The van der Waals surface area contributed by atoms with Crippen LogP contribution in [0.4, 0.5) is 0 Å². The lowest BCUT2D eigenvalue weighted by Gasteiger charge is -2.28. The predicted molar refractivity (Wildman–Crippen MR) is 58.5 cm³/mol. The van der Waals surface area contributed by atoms with Crippen molar-refractivity contribution < 1.29 is 4.90 Å². The number of likely N-dealkylation sites (tertiary alicyclic amines) is 1. The van der Waals surface area contributed by atoms with Crippen molar-refractivity contribution >= 4 is 0 Å². The standard InChI is InChI=1S/C11H23N.CN/c1-3-5-8-12-9-6-11(4-2)7-10-12;1-2/h11H,3-10H2,1-2H3;/q;-1/p+1. The fourth-order valence-electron chi connectivity index (χ4n) is 2.17. The number of nitrogens with one attached hydrogen (secondary N) is 1. The van der Waals surface area contributed by atoms with Crippen LogP contribution in [0, 0.1) is 17.8 Å². The summed E-state index contributed by atoms with van der Waals surface area (Å²) >= 11 is 0. The minimum absolute atomic E-state index is 1.05. The SMILES string of the molecule is CCCC[NH+]1CCC(CC)CC1.[C-]#N. The highest BCUT2D eigenvalue weighted by molar-refractivity contribution is 4.59. The monoisotopic (exact) mass is 196 g/mol. The van der Waals surface area contributed by atoms with Crippen LogP contribution in [0.3, 0.4) is 0 Å². The summed E-state index contributed by atoms with van der Waals surface area (Å²) < 4.78 is 0. The number of hydrogen-bond acceptors (Lipinski definition) is 1. The molecule has 0 saturated carbocycles. The molecule has 0 aliphatic carbocycles. The average Bonchev–Trinajstić information content (AvgIpc) is 2.30. The van der Waals surface area contributed by atoms with Gasteiger partial charge < -0.3 is 16.7 Å². The molecule has 0 spiro atoms. The van der Waals surface area contributed by atoms with Crippen molar-refractivity contribution in [2.45, 2.75) is 46.0 Å². The third kappa shape index (κ3) is 5.24. The summed E-state index contributed by atoms with van der Waals surface area (Å²) in [6, 6.07) is 0. The second-order valence-corrected chi connectivity index (χ2v) is 4.21. The van der Waals surface area contributed by atoms with Gasteiger partial charge in [0.15, 0.2) is 0 Å². The van der Waals surface area contributed by atoms with Gasteiger partial charge in [-0.2, -0.15) is 0 Å². The Balaban J connectivity index is 0.000000791. The molecular formula is C12H24N2. The van der Waals surface area contributed by atoms with Gasteiger partial charge in [-0.3, -0.25) is 0 Å². The molecule has 0 atom stereocenters. The highest BCUT2D eigenvalue weighted by atomic mass is 15.1. The third-order valence-corrected chi connectivity index (χ3v) is 3.27. The van der Waals surface area contributed by atoms with Gasteiger partial charge in [0.2, 0.25) is 0 Å². The van der Waals surface area contributed by atoms with Gasteiger partial charge in [-0.25, -0.2) is 0 Å². The first-order chi connectivity index (χ1) is 6.86. The minimum atomic E-state index is 1.05. The van der Waals surface area contributed by atoms with Crippen molar-refractivity contribution in [3.63, 3.8) is 0 Å². The van der Waals surface area contributed by atoms with Gasteiger partial charge >= 0.3 is 0 Å². The first-order valence-corrected chi connectivity index (χ1v) is 5.92. The van der Waals surface area contributed by atoms with E-state index >= 15 is 0 Å². The summed E-state index contributed by atoms with van der Waals surface area (Å²) in [6.45, 7) is 13.7. The van der Waals surface area contributed by atoms with E-state index < -0.39 is 0 Å². The Bertz CT molecular complexity index is 135. The molecule has 1 aliphatic rings. The second-order valence-electron chi connectivity index (χ2n) is 4.21. The first-order valence-electron chi connectivity index (χ1n) is 5.92. The molecule has 0 radical (unpaired) electrons. The lowest BCUT2D eigenvalue weighted by atomic mass is 9.94. The van der Waals surface area contributed by atoms with Crippen LogP contribution in [0.5, 0.6) is 0 Å². The van der Waals surface area contributed by atoms with Crippen molar-refractivity contribution in [1.29, 1.82) is 5.26 Å². The van der Waals surface area contributed by atoms with Gasteiger partial charge in [0.1, 0.15) is 0 Å². The van der Waals surface area contributed by atoms with E-state index in [1.54, 1.807) is 0 Å². The molecule has 1 saturated heterocycles. The smallest absolute Gasteiger partial charge is 0.0773 e. The van der Waals surface area contributed by atoms with E-state index in [1.807, 2.05) is 4.90 Å². The summed E-state index contributed by atoms with van der Waals surface area (Å²) in [6.07, 6.45) is 7.15. The van der Waals surface area contributed by atoms with Gasteiger partial charge in [0, 0.05) is 0 Å². The number of nitrogens with zero attached hydrogens (tertiary/aromatic N) is 1. The van der Waals surface area contributed by atoms with Crippen LogP contribution in [-0.4, -0.2) is 19.6 Å². The quantitative estimate of drug-likeness (QED) is 0.680. The normalized spacial score (nSPS) is 26.3. The molecule has 0 amide bonds. The number of quaternary nitrogens is 1. The molecular weight excluding hydrogens is 172 g/mol. The Morgan fingerprint density at radius 3 is 2.21 bits per heavy atom. The lowest BCUT2D eigenvalue weighted by Crippen LogP contribution is -3.13. The largest absolute Gasteiger partial charge is 0.512 e. The molecule has 0 aromatic rings.